The van der Waals surface area contributed by atoms with Gasteiger partial charge >= 0.3 is 6.03 Å². The number of para-hydroxylation sites is 1. The number of benzene rings is 1. The lowest BCUT2D eigenvalue weighted by atomic mass is 9.64. The summed E-state index contributed by atoms with van der Waals surface area (Å²) in [4.78, 5) is 40.0. The van der Waals surface area contributed by atoms with Crippen LogP contribution in [0.5, 0.6) is 0 Å². The van der Waals surface area contributed by atoms with E-state index < -0.39 is 11.6 Å². The fourth-order valence-corrected chi connectivity index (χ4v) is 5.19. The van der Waals surface area contributed by atoms with Crippen molar-refractivity contribution in [3.05, 3.63) is 35.7 Å². The predicted molar refractivity (Wildman–Crippen MR) is 117 cm³/mol. The van der Waals surface area contributed by atoms with Crippen LogP contribution in [0.1, 0.15) is 51.4 Å². The predicted octanol–water partition coefficient (Wildman–Crippen LogP) is 3.14. The Kier molecular flexibility index (Phi) is 5.07. The van der Waals surface area contributed by atoms with E-state index in [0.717, 1.165) is 17.7 Å². The van der Waals surface area contributed by atoms with Crippen LogP contribution in [0.4, 0.5) is 22.4 Å². The molecule has 1 aliphatic carbocycles. The number of nitrogens with two attached hydrogens (primary N) is 1. The zero-order valence-corrected chi connectivity index (χ0v) is 18.4. The third kappa shape index (κ3) is 4.17. The van der Waals surface area contributed by atoms with Gasteiger partial charge in [0.15, 0.2) is 5.82 Å². The van der Waals surface area contributed by atoms with Crippen molar-refractivity contribution in [2.45, 2.75) is 59.0 Å². The molecule has 164 valence electrons. The van der Waals surface area contributed by atoms with Crippen LogP contribution in [0.2, 0.25) is 0 Å². The van der Waals surface area contributed by atoms with Crippen molar-refractivity contribution in [3.63, 3.8) is 0 Å². The van der Waals surface area contributed by atoms with Crippen LogP contribution in [-0.2, 0) is 11.3 Å². The monoisotopic (exact) mass is 423 g/mol. The largest absolute Gasteiger partial charge is 0.368 e. The van der Waals surface area contributed by atoms with Gasteiger partial charge in [-0.1, -0.05) is 39.0 Å². The van der Waals surface area contributed by atoms with E-state index in [1.807, 2.05) is 31.2 Å². The highest BCUT2D eigenvalue weighted by atomic mass is 16.2. The molecule has 1 aromatic carbocycles. The minimum atomic E-state index is -0.862. The molecule has 2 aromatic rings. The Morgan fingerprint density at radius 2 is 1.94 bits per heavy atom. The molecule has 2 heterocycles. The zero-order valence-electron chi connectivity index (χ0n) is 18.4. The van der Waals surface area contributed by atoms with E-state index in [4.69, 9.17) is 5.73 Å². The normalized spacial score (nSPS) is 25.0. The maximum Gasteiger partial charge on any atom is 0.325 e. The molecule has 0 bridgehead atoms. The van der Waals surface area contributed by atoms with Crippen LogP contribution in [0.25, 0.3) is 0 Å². The van der Waals surface area contributed by atoms with Gasteiger partial charge in [-0.25, -0.2) is 4.79 Å². The van der Waals surface area contributed by atoms with Crippen molar-refractivity contribution in [1.29, 1.82) is 0 Å². The summed E-state index contributed by atoms with van der Waals surface area (Å²) in [5.41, 5.74) is 6.85. The highest BCUT2D eigenvalue weighted by Gasteiger charge is 2.56. The summed E-state index contributed by atoms with van der Waals surface area (Å²) in [6.45, 7) is 8.32. The number of urea groups is 1. The number of imide groups is 1. The third-order valence-electron chi connectivity index (χ3n) is 6.01. The molecule has 3 amide bonds. The molecular formula is C22H29N7O2. The van der Waals surface area contributed by atoms with Gasteiger partial charge in [0.25, 0.3) is 5.91 Å². The minimum absolute atomic E-state index is 0.0234. The van der Waals surface area contributed by atoms with Crippen LogP contribution in [-0.4, -0.2) is 37.3 Å². The molecule has 9 nitrogen and oxygen atoms in total. The lowest BCUT2D eigenvalue weighted by molar-refractivity contribution is -0.135. The van der Waals surface area contributed by atoms with E-state index in [2.05, 4.69) is 46.4 Å². The summed E-state index contributed by atoms with van der Waals surface area (Å²) in [5.74, 6) is 0.670. The number of nitrogens with one attached hydrogen (secondary N) is 2. The second kappa shape index (κ2) is 7.47. The van der Waals surface area contributed by atoms with E-state index in [1.54, 1.807) is 0 Å². The standard InChI is InChI=1S/C22H29N7O2/c1-13-9-21(3,4)12-22(10-13)17(30)29(20(31)28-22)11-16-25-18(23)27-19(26-16)24-15-8-6-5-7-14(15)2/h5-8,13H,9-12H2,1-4H3,(H,28,31)(H3,23,24,25,26,27)/t13-,22+/m0/s1. The van der Waals surface area contributed by atoms with Crippen molar-refractivity contribution in [1.82, 2.24) is 25.2 Å². The van der Waals surface area contributed by atoms with E-state index in [0.29, 0.717) is 18.8 Å². The Morgan fingerprint density at radius 1 is 1.19 bits per heavy atom. The van der Waals surface area contributed by atoms with Gasteiger partial charge in [0.2, 0.25) is 11.9 Å². The fourth-order valence-electron chi connectivity index (χ4n) is 5.19. The van der Waals surface area contributed by atoms with Gasteiger partial charge in [0, 0.05) is 5.69 Å². The first kappa shape index (κ1) is 21.0. The Labute approximate surface area is 181 Å². The van der Waals surface area contributed by atoms with E-state index in [9.17, 15) is 9.59 Å². The molecule has 2 aliphatic rings. The number of carbonyl (C=O) groups excluding carboxylic acids is 2. The maximum atomic E-state index is 13.4. The van der Waals surface area contributed by atoms with E-state index in [1.165, 1.54) is 4.90 Å². The van der Waals surface area contributed by atoms with E-state index >= 15 is 0 Å². The van der Waals surface area contributed by atoms with Crippen LogP contribution >= 0.6 is 0 Å². The average molecular weight is 424 g/mol. The fraction of sp³-hybridized carbons (Fsp3) is 0.500. The molecule has 4 rings (SSSR count). The first-order valence-electron chi connectivity index (χ1n) is 10.5. The SMILES string of the molecule is Cc1ccccc1Nc1nc(N)nc(CN2C(=O)N[C@@]3(C[C@@H](C)CC(C)(C)C3)C2=O)n1. The molecule has 9 heteroatoms. The molecule has 0 unspecified atom stereocenters. The van der Waals surface area contributed by atoms with Crippen molar-refractivity contribution < 1.29 is 9.59 Å². The lowest BCUT2D eigenvalue weighted by Crippen LogP contribution is -2.54. The average Bonchev–Trinajstić information content (AvgIpc) is 2.85. The van der Waals surface area contributed by atoms with Crippen molar-refractivity contribution in [3.8, 4) is 0 Å². The number of aryl methyl sites for hydroxylation is 1. The highest BCUT2D eigenvalue weighted by Crippen LogP contribution is 2.46. The molecule has 2 fully saturated rings. The number of nitrogens with zero attached hydrogens (tertiary/aromatic N) is 4. The summed E-state index contributed by atoms with van der Waals surface area (Å²) in [6.07, 6.45) is 2.28. The van der Waals surface area contributed by atoms with Crippen LogP contribution in [0, 0.1) is 18.3 Å². The van der Waals surface area contributed by atoms with Gasteiger partial charge in [-0.15, -0.1) is 0 Å². The molecule has 1 spiro atoms. The van der Waals surface area contributed by atoms with Gasteiger partial charge in [-0.2, -0.15) is 15.0 Å². The Hall–Kier alpha value is -3.23. The number of anilines is 3. The number of amides is 3. The smallest absolute Gasteiger partial charge is 0.325 e. The summed E-state index contributed by atoms with van der Waals surface area (Å²) in [6, 6.07) is 7.30. The number of rotatable bonds is 4. The van der Waals surface area contributed by atoms with E-state index in [-0.39, 0.29) is 35.6 Å². The summed E-state index contributed by atoms with van der Waals surface area (Å²) in [7, 11) is 0. The number of hydrogen-bond donors (Lipinski definition) is 3. The number of carbonyl (C=O) groups is 2. The zero-order chi connectivity index (χ0) is 22.4. The summed E-state index contributed by atoms with van der Waals surface area (Å²) in [5, 5.41) is 6.10. The molecule has 1 saturated carbocycles. The molecule has 1 aromatic heterocycles. The van der Waals surface area contributed by atoms with Crippen LogP contribution in [0.3, 0.4) is 0 Å². The first-order valence-corrected chi connectivity index (χ1v) is 10.5. The summed E-state index contributed by atoms with van der Waals surface area (Å²) < 4.78 is 0. The minimum Gasteiger partial charge on any atom is -0.368 e. The molecule has 1 aliphatic heterocycles. The topological polar surface area (TPSA) is 126 Å². The third-order valence-corrected chi connectivity index (χ3v) is 6.01. The molecule has 1 saturated heterocycles. The van der Waals surface area contributed by atoms with Gasteiger partial charge in [0.05, 0.1) is 6.54 Å². The second-order valence-corrected chi connectivity index (χ2v) is 9.63. The Balaban J connectivity index is 1.57. The first-order chi connectivity index (χ1) is 14.6. The number of hydrogen-bond acceptors (Lipinski definition) is 7. The highest BCUT2D eigenvalue weighted by molar-refractivity contribution is 6.07. The molecule has 31 heavy (non-hydrogen) atoms. The van der Waals surface area contributed by atoms with Crippen LogP contribution < -0.4 is 16.4 Å². The molecule has 4 N–H and O–H groups in total. The number of aromatic nitrogens is 3. The Bertz CT molecular complexity index is 1040. The van der Waals surface area contributed by atoms with Crippen molar-refractivity contribution >= 4 is 29.5 Å². The molecule has 2 atom stereocenters. The quantitative estimate of drug-likeness (QED) is 0.645. The van der Waals surface area contributed by atoms with Crippen molar-refractivity contribution in [2.75, 3.05) is 11.1 Å². The van der Waals surface area contributed by atoms with Gasteiger partial charge < -0.3 is 16.4 Å². The van der Waals surface area contributed by atoms with Crippen LogP contribution in [0.15, 0.2) is 24.3 Å². The second-order valence-electron chi connectivity index (χ2n) is 9.63. The van der Waals surface area contributed by atoms with Gasteiger partial charge in [0.1, 0.15) is 5.54 Å². The lowest BCUT2D eigenvalue weighted by Gasteiger charge is -2.43. The Morgan fingerprint density at radius 3 is 2.65 bits per heavy atom. The van der Waals surface area contributed by atoms with Gasteiger partial charge in [-0.05, 0) is 49.1 Å². The molecular weight excluding hydrogens is 394 g/mol. The molecule has 0 radical (unpaired) electrons. The van der Waals surface area contributed by atoms with Gasteiger partial charge in [-0.3, -0.25) is 9.69 Å². The maximum absolute atomic E-state index is 13.4. The number of nitrogen functional groups attached to an aromatic ring is 1. The van der Waals surface area contributed by atoms with Crippen molar-refractivity contribution in [2.24, 2.45) is 11.3 Å². The summed E-state index contributed by atoms with van der Waals surface area (Å²) >= 11 is 0.